The number of benzene rings is 1. The summed E-state index contributed by atoms with van der Waals surface area (Å²) in [6, 6.07) is 2.37. The van der Waals surface area contributed by atoms with Crippen molar-refractivity contribution < 1.29 is 19.1 Å². The molecule has 5 N–H and O–H groups in total. The molecular weight excluding hydrogens is 418 g/mol. The quantitative estimate of drug-likeness (QED) is 0.545. The Hall–Kier alpha value is -1.62. The van der Waals surface area contributed by atoms with Crippen molar-refractivity contribution in [1.29, 1.82) is 0 Å². The van der Waals surface area contributed by atoms with Gasteiger partial charge in [0.15, 0.2) is 0 Å². The fourth-order valence-corrected chi connectivity index (χ4v) is 3.21. The van der Waals surface area contributed by atoms with E-state index in [1.165, 1.54) is 11.0 Å². The molecular formula is C14H18FIN4O3. The van der Waals surface area contributed by atoms with Gasteiger partial charge in [0.25, 0.3) is 0 Å². The standard InChI is InChI=1S/C14H18FIN4O3/c15-10-5-8(7-17)6-11(16)12(10)19-13(21)18-9-1-3-20(4-2-9)14(22)23/h5-6,9H,1-4,7,17H2,(H,22,23)(H2,18,19,21). The minimum Gasteiger partial charge on any atom is -0.465 e. The Morgan fingerprint density at radius 2 is 2.04 bits per heavy atom. The molecule has 0 aliphatic carbocycles. The van der Waals surface area contributed by atoms with Crippen LogP contribution in [0.25, 0.3) is 0 Å². The van der Waals surface area contributed by atoms with Crippen LogP contribution in [0.5, 0.6) is 0 Å². The molecule has 0 spiro atoms. The van der Waals surface area contributed by atoms with Crippen molar-refractivity contribution in [1.82, 2.24) is 10.2 Å². The van der Waals surface area contributed by atoms with Gasteiger partial charge in [-0.3, -0.25) is 0 Å². The van der Waals surface area contributed by atoms with E-state index in [1.54, 1.807) is 6.07 Å². The van der Waals surface area contributed by atoms with Crippen LogP contribution in [0.3, 0.4) is 0 Å². The summed E-state index contributed by atoms with van der Waals surface area (Å²) in [7, 11) is 0. The molecule has 1 saturated heterocycles. The lowest BCUT2D eigenvalue weighted by atomic mass is 10.1. The molecule has 2 rings (SSSR count). The molecule has 0 atom stereocenters. The third-order valence-corrected chi connectivity index (χ3v) is 4.53. The predicted octanol–water partition coefficient (Wildman–Crippen LogP) is 2.15. The normalized spacial score (nSPS) is 15.3. The molecule has 0 saturated carbocycles. The number of rotatable bonds is 3. The number of urea groups is 1. The first-order valence-corrected chi connectivity index (χ1v) is 8.22. The minimum absolute atomic E-state index is 0.114. The Bertz CT molecular complexity index is 583. The molecule has 7 nitrogen and oxygen atoms in total. The highest BCUT2D eigenvalue weighted by Gasteiger charge is 2.23. The third kappa shape index (κ3) is 4.67. The maximum atomic E-state index is 14.0. The van der Waals surface area contributed by atoms with Gasteiger partial charge in [-0.2, -0.15) is 0 Å². The molecule has 126 valence electrons. The summed E-state index contributed by atoms with van der Waals surface area (Å²) in [4.78, 5) is 24.1. The van der Waals surface area contributed by atoms with Crippen molar-refractivity contribution in [3.63, 3.8) is 0 Å². The summed E-state index contributed by atoms with van der Waals surface area (Å²) in [5.74, 6) is -0.534. The summed E-state index contributed by atoms with van der Waals surface area (Å²) in [5.41, 5.74) is 6.25. The number of carbonyl (C=O) groups is 2. The van der Waals surface area contributed by atoms with Crippen molar-refractivity contribution in [3.8, 4) is 0 Å². The number of amides is 3. The van der Waals surface area contributed by atoms with E-state index in [1.807, 2.05) is 22.6 Å². The molecule has 9 heteroatoms. The number of nitrogens with two attached hydrogens (primary N) is 1. The Morgan fingerprint density at radius 3 is 2.57 bits per heavy atom. The Kier molecular flexibility index (Phi) is 5.99. The molecule has 1 fully saturated rings. The number of carboxylic acid groups (broad SMARTS) is 1. The van der Waals surface area contributed by atoms with E-state index in [-0.39, 0.29) is 18.3 Å². The van der Waals surface area contributed by atoms with Gasteiger partial charge >= 0.3 is 12.1 Å². The van der Waals surface area contributed by atoms with Gasteiger partial charge in [0.2, 0.25) is 0 Å². The number of carbonyl (C=O) groups excluding carboxylic acids is 1. The van der Waals surface area contributed by atoms with Gasteiger partial charge in [-0.05, 0) is 53.1 Å². The number of nitrogens with zero attached hydrogens (tertiary/aromatic N) is 1. The minimum atomic E-state index is -0.954. The van der Waals surface area contributed by atoms with Crippen LogP contribution in [-0.4, -0.2) is 41.3 Å². The van der Waals surface area contributed by atoms with Crippen LogP contribution in [0.2, 0.25) is 0 Å². The number of hydrogen-bond donors (Lipinski definition) is 4. The maximum Gasteiger partial charge on any atom is 0.407 e. The Labute approximate surface area is 146 Å². The van der Waals surface area contributed by atoms with Gasteiger partial charge in [0.1, 0.15) is 5.82 Å². The lowest BCUT2D eigenvalue weighted by molar-refractivity contribution is 0.130. The second-order valence-corrected chi connectivity index (χ2v) is 6.44. The number of likely N-dealkylation sites (tertiary alicyclic amines) is 1. The molecule has 0 radical (unpaired) electrons. The van der Waals surface area contributed by atoms with Gasteiger partial charge in [0, 0.05) is 29.2 Å². The first-order valence-electron chi connectivity index (χ1n) is 7.14. The molecule has 0 unspecified atom stereocenters. The largest absolute Gasteiger partial charge is 0.465 e. The van der Waals surface area contributed by atoms with Crippen molar-refractivity contribution in [2.45, 2.75) is 25.4 Å². The monoisotopic (exact) mass is 436 g/mol. The average molecular weight is 436 g/mol. The zero-order valence-corrected chi connectivity index (χ0v) is 14.5. The van der Waals surface area contributed by atoms with Gasteiger partial charge < -0.3 is 26.4 Å². The van der Waals surface area contributed by atoms with Gasteiger partial charge in [0.05, 0.1) is 5.69 Å². The highest BCUT2D eigenvalue weighted by molar-refractivity contribution is 14.1. The summed E-state index contributed by atoms with van der Waals surface area (Å²) >= 11 is 1.94. The molecule has 1 aromatic carbocycles. The molecule has 3 amide bonds. The molecule has 23 heavy (non-hydrogen) atoms. The van der Waals surface area contributed by atoms with Gasteiger partial charge in [-0.15, -0.1) is 0 Å². The number of hydrogen-bond acceptors (Lipinski definition) is 3. The van der Waals surface area contributed by atoms with Crippen LogP contribution in [0.15, 0.2) is 12.1 Å². The number of halogens is 2. The second-order valence-electron chi connectivity index (χ2n) is 5.28. The van der Waals surface area contributed by atoms with Crippen LogP contribution in [0.1, 0.15) is 18.4 Å². The lowest BCUT2D eigenvalue weighted by Gasteiger charge is -2.30. The summed E-state index contributed by atoms with van der Waals surface area (Å²) in [6.07, 6.45) is 0.112. The molecule has 1 heterocycles. The molecule has 1 aromatic rings. The van der Waals surface area contributed by atoms with Crippen molar-refractivity contribution in [2.75, 3.05) is 18.4 Å². The summed E-state index contributed by atoms with van der Waals surface area (Å²) in [5, 5.41) is 14.1. The lowest BCUT2D eigenvalue weighted by Crippen LogP contribution is -2.47. The van der Waals surface area contributed by atoms with Crippen LogP contribution in [0, 0.1) is 9.39 Å². The number of anilines is 1. The fraction of sp³-hybridized carbons (Fsp3) is 0.429. The summed E-state index contributed by atoms with van der Waals surface area (Å²) in [6.45, 7) is 0.969. The van der Waals surface area contributed by atoms with Crippen LogP contribution in [-0.2, 0) is 6.54 Å². The smallest absolute Gasteiger partial charge is 0.407 e. The molecule has 0 bridgehead atoms. The van der Waals surface area contributed by atoms with E-state index in [4.69, 9.17) is 10.8 Å². The highest BCUT2D eigenvalue weighted by Crippen LogP contribution is 2.24. The van der Waals surface area contributed by atoms with Gasteiger partial charge in [-0.1, -0.05) is 0 Å². The van der Waals surface area contributed by atoms with Crippen molar-refractivity contribution in [3.05, 3.63) is 27.1 Å². The second kappa shape index (κ2) is 7.77. The van der Waals surface area contributed by atoms with Crippen LogP contribution >= 0.6 is 22.6 Å². The first kappa shape index (κ1) is 17.7. The topological polar surface area (TPSA) is 108 Å². The number of nitrogens with one attached hydrogen (secondary N) is 2. The highest BCUT2D eigenvalue weighted by atomic mass is 127. The zero-order chi connectivity index (χ0) is 17.0. The van der Waals surface area contributed by atoms with Crippen LogP contribution in [0.4, 0.5) is 19.7 Å². The van der Waals surface area contributed by atoms with E-state index in [0.29, 0.717) is 35.1 Å². The van der Waals surface area contributed by atoms with E-state index in [2.05, 4.69) is 10.6 Å². The Morgan fingerprint density at radius 1 is 1.39 bits per heavy atom. The average Bonchev–Trinajstić information content (AvgIpc) is 2.51. The Balaban J connectivity index is 1.92. The first-order chi connectivity index (χ1) is 10.9. The predicted molar refractivity (Wildman–Crippen MR) is 91.8 cm³/mol. The SMILES string of the molecule is NCc1cc(F)c(NC(=O)NC2CCN(C(=O)O)CC2)c(I)c1. The van der Waals surface area contributed by atoms with E-state index < -0.39 is 17.9 Å². The van der Waals surface area contributed by atoms with Gasteiger partial charge in [-0.25, -0.2) is 14.0 Å². The molecule has 1 aliphatic rings. The van der Waals surface area contributed by atoms with E-state index in [0.717, 1.165) is 0 Å². The number of piperidine rings is 1. The maximum absolute atomic E-state index is 14.0. The van der Waals surface area contributed by atoms with E-state index >= 15 is 0 Å². The van der Waals surface area contributed by atoms with Crippen molar-refractivity contribution in [2.24, 2.45) is 5.73 Å². The van der Waals surface area contributed by atoms with Crippen molar-refractivity contribution >= 4 is 40.4 Å². The zero-order valence-electron chi connectivity index (χ0n) is 12.3. The summed E-state index contributed by atoms with van der Waals surface area (Å²) < 4.78 is 14.6. The fourth-order valence-electron chi connectivity index (χ4n) is 2.41. The molecule has 0 aromatic heterocycles. The third-order valence-electron chi connectivity index (χ3n) is 3.68. The molecule has 1 aliphatic heterocycles. The van der Waals surface area contributed by atoms with E-state index in [9.17, 15) is 14.0 Å². The van der Waals surface area contributed by atoms with Crippen LogP contribution < -0.4 is 16.4 Å².